The highest BCUT2D eigenvalue weighted by Crippen LogP contribution is 2.23. The van der Waals surface area contributed by atoms with E-state index in [0.717, 1.165) is 38.9 Å². The van der Waals surface area contributed by atoms with Crippen molar-refractivity contribution in [2.24, 2.45) is 5.92 Å². The summed E-state index contributed by atoms with van der Waals surface area (Å²) in [6.07, 6.45) is 3.08. The maximum atomic E-state index is 11.9. The summed E-state index contributed by atoms with van der Waals surface area (Å²) >= 11 is 12.0. The summed E-state index contributed by atoms with van der Waals surface area (Å²) in [5.74, 6) is -0.366. The minimum absolute atomic E-state index is 0.381. The van der Waals surface area contributed by atoms with Crippen molar-refractivity contribution in [3.05, 3.63) is 33.8 Å². The second-order valence-corrected chi connectivity index (χ2v) is 7.60. The zero-order chi connectivity index (χ0) is 17.8. The molecule has 0 aliphatic carbocycles. The van der Waals surface area contributed by atoms with Gasteiger partial charge in [0.05, 0.1) is 10.0 Å². The highest BCUT2D eigenvalue weighted by Gasteiger charge is 2.29. The van der Waals surface area contributed by atoms with Gasteiger partial charge in [0, 0.05) is 26.2 Å². The van der Waals surface area contributed by atoms with E-state index in [1.165, 1.54) is 5.56 Å². The number of likely N-dealkylation sites (tertiary alicyclic amines) is 1. The molecular weight excluding hydrogens is 361 g/mol. The molecule has 0 bridgehead atoms. The van der Waals surface area contributed by atoms with Crippen LogP contribution >= 0.6 is 23.2 Å². The van der Waals surface area contributed by atoms with Gasteiger partial charge in [0.2, 0.25) is 0 Å². The summed E-state index contributed by atoms with van der Waals surface area (Å²) in [6, 6.07) is 5.80. The van der Waals surface area contributed by atoms with Gasteiger partial charge in [-0.25, -0.2) is 0 Å². The summed E-state index contributed by atoms with van der Waals surface area (Å²) in [5.41, 5.74) is 1.20. The van der Waals surface area contributed by atoms with Crippen molar-refractivity contribution in [3.63, 3.8) is 0 Å². The highest BCUT2D eigenvalue weighted by atomic mass is 35.5. The summed E-state index contributed by atoms with van der Waals surface area (Å²) in [6.45, 7) is 4.94. The number of benzene rings is 1. The van der Waals surface area contributed by atoms with Crippen molar-refractivity contribution in [1.82, 2.24) is 15.1 Å². The summed E-state index contributed by atoms with van der Waals surface area (Å²) in [4.78, 5) is 27.4. The number of amides is 2. The molecule has 136 valence electrons. The Hall–Kier alpha value is -1.30. The number of nitrogens with one attached hydrogen (secondary N) is 1. The van der Waals surface area contributed by atoms with E-state index < -0.39 is 5.91 Å². The smallest absolute Gasteiger partial charge is 0.311 e. The number of nitrogens with zero attached hydrogens (tertiary/aromatic N) is 2. The number of carbonyl (C=O) groups excluding carboxylic acids is 2. The molecule has 3 rings (SSSR count). The Bertz CT molecular complexity index is 645. The number of carbonyl (C=O) groups is 2. The molecule has 1 aromatic carbocycles. The van der Waals surface area contributed by atoms with Crippen molar-refractivity contribution in [2.45, 2.75) is 19.3 Å². The van der Waals surface area contributed by atoms with Crippen LogP contribution in [0.1, 0.15) is 18.4 Å². The number of halogens is 2. The maximum absolute atomic E-state index is 11.9. The summed E-state index contributed by atoms with van der Waals surface area (Å²) < 4.78 is 0. The lowest BCUT2D eigenvalue weighted by atomic mass is 9.95. The summed E-state index contributed by atoms with van der Waals surface area (Å²) in [7, 11) is 0. The fourth-order valence-corrected chi connectivity index (χ4v) is 3.81. The van der Waals surface area contributed by atoms with Crippen LogP contribution in [-0.4, -0.2) is 60.9 Å². The van der Waals surface area contributed by atoms with Gasteiger partial charge >= 0.3 is 11.8 Å². The van der Waals surface area contributed by atoms with Crippen molar-refractivity contribution < 1.29 is 9.59 Å². The van der Waals surface area contributed by atoms with Gasteiger partial charge in [0.25, 0.3) is 0 Å². The molecule has 0 atom stereocenters. The molecule has 2 fully saturated rings. The molecule has 2 aliphatic rings. The predicted octanol–water partition coefficient (Wildman–Crippen LogP) is 2.21. The largest absolute Gasteiger partial charge is 0.346 e. The van der Waals surface area contributed by atoms with E-state index in [4.69, 9.17) is 23.2 Å². The van der Waals surface area contributed by atoms with Gasteiger partial charge in [-0.1, -0.05) is 29.3 Å². The molecule has 2 amide bonds. The third-order valence-corrected chi connectivity index (χ3v) is 5.77. The van der Waals surface area contributed by atoms with E-state index >= 15 is 0 Å². The Kier molecular flexibility index (Phi) is 6.20. The Balaban J connectivity index is 1.42. The van der Waals surface area contributed by atoms with Gasteiger partial charge < -0.3 is 15.1 Å². The molecule has 0 radical (unpaired) electrons. The van der Waals surface area contributed by atoms with Gasteiger partial charge in [-0.05, 0) is 56.0 Å². The first-order chi connectivity index (χ1) is 12.0. The summed E-state index contributed by atoms with van der Waals surface area (Å²) in [5, 5.41) is 3.78. The van der Waals surface area contributed by atoms with Crippen molar-refractivity contribution in [2.75, 3.05) is 39.3 Å². The van der Waals surface area contributed by atoms with Crippen LogP contribution in [0.4, 0.5) is 0 Å². The maximum Gasteiger partial charge on any atom is 0.311 e. The normalized spacial score (nSPS) is 20.0. The van der Waals surface area contributed by atoms with E-state index in [9.17, 15) is 9.59 Å². The number of hydrogen-bond donors (Lipinski definition) is 1. The Morgan fingerprint density at radius 2 is 1.84 bits per heavy atom. The highest BCUT2D eigenvalue weighted by molar-refractivity contribution is 6.42. The van der Waals surface area contributed by atoms with Gasteiger partial charge in [-0.2, -0.15) is 0 Å². The van der Waals surface area contributed by atoms with Crippen molar-refractivity contribution in [3.8, 4) is 0 Å². The van der Waals surface area contributed by atoms with E-state index in [2.05, 4.69) is 10.2 Å². The SMILES string of the molecule is O=C1NCCN(CC2CCN(CCc3ccc(Cl)c(Cl)c3)CC2)C1=O. The molecule has 0 unspecified atom stereocenters. The molecule has 0 spiro atoms. The van der Waals surface area contributed by atoms with Gasteiger partial charge in [0.1, 0.15) is 0 Å². The molecule has 2 aliphatic heterocycles. The van der Waals surface area contributed by atoms with Crippen molar-refractivity contribution >= 4 is 35.0 Å². The second kappa shape index (κ2) is 8.39. The van der Waals surface area contributed by atoms with Gasteiger partial charge in [0.15, 0.2) is 0 Å². The molecule has 0 aromatic heterocycles. The second-order valence-electron chi connectivity index (χ2n) is 6.79. The standard InChI is InChI=1S/C18H23Cl2N3O2/c19-15-2-1-13(11-16(15)20)3-7-22-8-4-14(5-9-22)12-23-10-6-21-17(24)18(23)25/h1-2,11,14H,3-10,12H2,(H,21,24). The topological polar surface area (TPSA) is 52.7 Å². The van der Waals surface area contributed by atoms with Crippen LogP contribution in [0.25, 0.3) is 0 Å². The fraction of sp³-hybridized carbons (Fsp3) is 0.556. The minimum Gasteiger partial charge on any atom is -0.346 e. The molecule has 1 N–H and O–H groups in total. The molecule has 0 saturated carbocycles. The first-order valence-electron chi connectivity index (χ1n) is 8.76. The first-order valence-corrected chi connectivity index (χ1v) is 9.52. The Morgan fingerprint density at radius 1 is 1.08 bits per heavy atom. The zero-order valence-corrected chi connectivity index (χ0v) is 15.7. The monoisotopic (exact) mass is 383 g/mol. The van der Waals surface area contributed by atoms with Gasteiger partial charge in [-0.3, -0.25) is 9.59 Å². The third-order valence-electron chi connectivity index (χ3n) is 5.04. The average Bonchev–Trinajstić information content (AvgIpc) is 2.61. The molecule has 5 nitrogen and oxygen atoms in total. The quantitative estimate of drug-likeness (QED) is 0.792. The van der Waals surface area contributed by atoms with E-state index in [1.54, 1.807) is 4.90 Å². The van der Waals surface area contributed by atoms with Crippen LogP contribution in [-0.2, 0) is 16.0 Å². The lowest BCUT2D eigenvalue weighted by Gasteiger charge is -2.35. The predicted molar refractivity (Wildman–Crippen MR) is 98.9 cm³/mol. The van der Waals surface area contributed by atoms with Crippen molar-refractivity contribution in [1.29, 1.82) is 0 Å². The van der Waals surface area contributed by atoms with E-state index in [0.29, 0.717) is 35.6 Å². The molecular formula is C18H23Cl2N3O2. The molecule has 1 aromatic rings. The number of piperazine rings is 1. The lowest BCUT2D eigenvalue weighted by molar-refractivity contribution is -0.148. The van der Waals surface area contributed by atoms with Crippen LogP contribution in [0.3, 0.4) is 0 Å². The van der Waals surface area contributed by atoms with Crippen LogP contribution in [0.15, 0.2) is 18.2 Å². The average molecular weight is 384 g/mol. The first kappa shape index (κ1) is 18.5. The third kappa shape index (κ3) is 4.87. The number of rotatable bonds is 5. The number of hydrogen-bond acceptors (Lipinski definition) is 3. The Labute approximate surface area is 158 Å². The van der Waals surface area contributed by atoms with Crippen LogP contribution in [0.5, 0.6) is 0 Å². The van der Waals surface area contributed by atoms with Crippen LogP contribution < -0.4 is 5.32 Å². The number of piperidine rings is 1. The van der Waals surface area contributed by atoms with E-state index in [1.807, 2.05) is 18.2 Å². The molecule has 7 heteroatoms. The zero-order valence-electron chi connectivity index (χ0n) is 14.1. The lowest BCUT2D eigenvalue weighted by Crippen LogP contribution is -2.53. The van der Waals surface area contributed by atoms with Gasteiger partial charge in [-0.15, -0.1) is 0 Å². The Morgan fingerprint density at radius 3 is 2.56 bits per heavy atom. The minimum atomic E-state index is -0.467. The molecule has 25 heavy (non-hydrogen) atoms. The molecule has 2 heterocycles. The van der Waals surface area contributed by atoms with Crippen LogP contribution in [0, 0.1) is 5.92 Å². The van der Waals surface area contributed by atoms with Crippen LogP contribution in [0.2, 0.25) is 10.0 Å². The van der Waals surface area contributed by atoms with E-state index in [-0.39, 0.29) is 5.91 Å². The molecule has 2 saturated heterocycles. The fourth-order valence-electron chi connectivity index (χ4n) is 3.49.